The molecule has 9 heteroatoms. The molecule has 0 atom stereocenters. The molecule has 1 saturated carbocycles. The molecule has 144 valence electrons. The van der Waals surface area contributed by atoms with Crippen LogP contribution in [-0.4, -0.2) is 37.7 Å². The van der Waals surface area contributed by atoms with E-state index in [-0.39, 0.29) is 29.6 Å². The molecule has 0 unspecified atom stereocenters. The number of anilines is 1. The second-order valence-corrected chi connectivity index (χ2v) is 7.15. The summed E-state index contributed by atoms with van der Waals surface area (Å²) in [4.78, 5) is 27.1. The van der Waals surface area contributed by atoms with Gasteiger partial charge in [-0.25, -0.2) is 9.67 Å². The number of nitro benzene ring substituents is 1. The van der Waals surface area contributed by atoms with Gasteiger partial charge in [0, 0.05) is 24.1 Å². The van der Waals surface area contributed by atoms with E-state index in [9.17, 15) is 14.9 Å². The lowest BCUT2D eigenvalue weighted by molar-refractivity contribution is -0.384. The van der Waals surface area contributed by atoms with Gasteiger partial charge < -0.3 is 10.6 Å². The van der Waals surface area contributed by atoms with E-state index in [1.165, 1.54) is 12.4 Å². The number of aromatic nitrogens is 3. The maximum Gasteiger partial charge on any atom is 0.292 e. The Bertz CT molecular complexity index is 797. The number of carbonyl (C=O) groups excluding carboxylic acids is 1. The predicted octanol–water partition coefficient (Wildman–Crippen LogP) is 2.67. The average molecular weight is 372 g/mol. The fraction of sp³-hybridized carbons (Fsp3) is 0.500. The smallest absolute Gasteiger partial charge is 0.292 e. The van der Waals surface area contributed by atoms with Crippen molar-refractivity contribution in [3.63, 3.8) is 0 Å². The second-order valence-electron chi connectivity index (χ2n) is 7.15. The van der Waals surface area contributed by atoms with Crippen molar-refractivity contribution >= 4 is 17.3 Å². The van der Waals surface area contributed by atoms with Crippen LogP contribution in [0.2, 0.25) is 0 Å². The molecule has 3 rings (SSSR count). The van der Waals surface area contributed by atoms with Crippen LogP contribution in [0.3, 0.4) is 0 Å². The van der Waals surface area contributed by atoms with Gasteiger partial charge in [0.25, 0.3) is 5.69 Å². The fourth-order valence-corrected chi connectivity index (χ4v) is 3.41. The van der Waals surface area contributed by atoms with Crippen molar-refractivity contribution in [1.29, 1.82) is 0 Å². The summed E-state index contributed by atoms with van der Waals surface area (Å²) in [5, 5.41) is 21.7. The number of amides is 1. The van der Waals surface area contributed by atoms with Gasteiger partial charge in [0.1, 0.15) is 18.3 Å². The van der Waals surface area contributed by atoms with Crippen LogP contribution in [0, 0.1) is 16.0 Å². The topological polar surface area (TPSA) is 115 Å². The van der Waals surface area contributed by atoms with Crippen LogP contribution in [0.15, 0.2) is 30.9 Å². The molecule has 1 aliphatic rings. The molecule has 1 aromatic heterocycles. The van der Waals surface area contributed by atoms with Crippen molar-refractivity contribution in [3.8, 4) is 5.69 Å². The Hall–Kier alpha value is -2.97. The number of nitrogens with zero attached hydrogens (tertiary/aromatic N) is 4. The summed E-state index contributed by atoms with van der Waals surface area (Å²) < 4.78 is 1.56. The molecule has 1 heterocycles. The van der Waals surface area contributed by atoms with Gasteiger partial charge in [-0.1, -0.05) is 0 Å². The quantitative estimate of drug-likeness (QED) is 0.595. The molecule has 0 saturated heterocycles. The predicted molar refractivity (Wildman–Crippen MR) is 101 cm³/mol. The third-order valence-electron chi connectivity index (χ3n) is 4.75. The minimum atomic E-state index is -0.394. The lowest BCUT2D eigenvalue weighted by Gasteiger charge is -2.29. The van der Waals surface area contributed by atoms with Gasteiger partial charge in [0.05, 0.1) is 10.6 Å². The molecule has 27 heavy (non-hydrogen) atoms. The number of nitrogens with one attached hydrogen (secondary N) is 2. The molecule has 1 aliphatic carbocycles. The van der Waals surface area contributed by atoms with Gasteiger partial charge in [-0.15, -0.1) is 0 Å². The number of hydrogen-bond donors (Lipinski definition) is 2. The monoisotopic (exact) mass is 372 g/mol. The minimum absolute atomic E-state index is 0.0157. The standard InChI is InChI=1S/C18H24N6O3/c1-12(2)21-18(25)13-3-5-14(6-4-13)22-16-9-15(23-11-19-10-20-23)7-8-17(16)24(26)27/h7-14,22H,3-6H2,1-2H3,(H,21,25). The van der Waals surface area contributed by atoms with E-state index in [2.05, 4.69) is 20.7 Å². The molecule has 1 fully saturated rings. The molecule has 0 radical (unpaired) electrons. The highest BCUT2D eigenvalue weighted by molar-refractivity contribution is 5.79. The Morgan fingerprint density at radius 1 is 1.30 bits per heavy atom. The van der Waals surface area contributed by atoms with Gasteiger partial charge in [0.2, 0.25) is 5.91 Å². The molecule has 0 aliphatic heterocycles. The molecule has 2 aromatic rings. The maximum absolute atomic E-state index is 12.2. The van der Waals surface area contributed by atoms with Crippen LogP contribution in [0.5, 0.6) is 0 Å². The van der Waals surface area contributed by atoms with E-state index in [4.69, 9.17) is 0 Å². The van der Waals surface area contributed by atoms with E-state index in [1.807, 2.05) is 13.8 Å². The van der Waals surface area contributed by atoms with Crippen LogP contribution in [-0.2, 0) is 4.79 Å². The summed E-state index contributed by atoms with van der Waals surface area (Å²) in [5.74, 6) is 0.115. The van der Waals surface area contributed by atoms with Gasteiger partial charge in [0.15, 0.2) is 0 Å². The van der Waals surface area contributed by atoms with E-state index < -0.39 is 4.92 Å². The molecular formula is C18H24N6O3. The number of benzene rings is 1. The van der Waals surface area contributed by atoms with Gasteiger partial charge in [-0.05, 0) is 51.7 Å². The van der Waals surface area contributed by atoms with Crippen LogP contribution in [0.1, 0.15) is 39.5 Å². The van der Waals surface area contributed by atoms with Crippen LogP contribution in [0.25, 0.3) is 5.69 Å². The van der Waals surface area contributed by atoms with E-state index in [1.54, 1.807) is 23.1 Å². The molecule has 1 amide bonds. The first kappa shape index (κ1) is 18.8. The Morgan fingerprint density at radius 2 is 2.04 bits per heavy atom. The summed E-state index contributed by atoms with van der Waals surface area (Å²) in [6.07, 6.45) is 6.09. The number of carbonyl (C=O) groups is 1. The highest BCUT2D eigenvalue weighted by atomic mass is 16.6. The third kappa shape index (κ3) is 4.60. The second kappa shape index (κ2) is 8.15. The lowest BCUT2D eigenvalue weighted by atomic mass is 9.85. The van der Waals surface area contributed by atoms with Gasteiger partial charge in [-0.2, -0.15) is 5.10 Å². The van der Waals surface area contributed by atoms with E-state index in [0.717, 1.165) is 25.7 Å². The number of hydrogen-bond acceptors (Lipinski definition) is 6. The van der Waals surface area contributed by atoms with Gasteiger partial charge >= 0.3 is 0 Å². The maximum atomic E-state index is 12.2. The Labute approximate surface area is 157 Å². The molecule has 0 bridgehead atoms. The third-order valence-corrected chi connectivity index (χ3v) is 4.75. The number of nitro groups is 1. The largest absolute Gasteiger partial charge is 0.377 e. The first-order valence-electron chi connectivity index (χ1n) is 9.14. The lowest BCUT2D eigenvalue weighted by Crippen LogP contribution is -2.38. The Balaban J connectivity index is 1.69. The van der Waals surface area contributed by atoms with Crippen LogP contribution >= 0.6 is 0 Å². The van der Waals surface area contributed by atoms with Crippen molar-refractivity contribution in [3.05, 3.63) is 41.0 Å². The van der Waals surface area contributed by atoms with Crippen LogP contribution < -0.4 is 10.6 Å². The molecule has 1 aromatic carbocycles. The summed E-state index contributed by atoms with van der Waals surface area (Å²) in [6, 6.07) is 5.06. The first-order chi connectivity index (χ1) is 12.9. The molecule has 0 spiro atoms. The summed E-state index contributed by atoms with van der Waals surface area (Å²) >= 11 is 0. The zero-order valence-corrected chi connectivity index (χ0v) is 15.5. The van der Waals surface area contributed by atoms with Gasteiger partial charge in [-0.3, -0.25) is 14.9 Å². The molecule has 9 nitrogen and oxygen atoms in total. The highest BCUT2D eigenvalue weighted by Crippen LogP contribution is 2.32. The van der Waals surface area contributed by atoms with Crippen molar-refractivity contribution < 1.29 is 9.72 Å². The summed E-state index contributed by atoms with van der Waals surface area (Å²) in [7, 11) is 0. The number of rotatable bonds is 6. The SMILES string of the molecule is CC(C)NC(=O)C1CCC(Nc2cc(-n3cncn3)ccc2[N+](=O)[O-])CC1. The van der Waals surface area contributed by atoms with Crippen molar-refractivity contribution in [2.75, 3.05) is 5.32 Å². The Kier molecular flexibility index (Phi) is 5.68. The average Bonchev–Trinajstić information content (AvgIpc) is 3.16. The first-order valence-corrected chi connectivity index (χ1v) is 9.14. The van der Waals surface area contributed by atoms with Crippen molar-refractivity contribution in [2.45, 2.75) is 51.6 Å². The summed E-state index contributed by atoms with van der Waals surface area (Å²) in [5.41, 5.74) is 1.19. The van der Waals surface area contributed by atoms with E-state index in [0.29, 0.717) is 11.4 Å². The van der Waals surface area contributed by atoms with Crippen molar-refractivity contribution in [2.24, 2.45) is 5.92 Å². The normalized spacial score (nSPS) is 19.7. The fourth-order valence-electron chi connectivity index (χ4n) is 3.41. The zero-order valence-electron chi connectivity index (χ0n) is 15.5. The minimum Gasteiger partial charge on any atom is -0.377 e. The van der Waals surface area contributed by atoms with Crippen molar-refractivity contribution in [1.82, 2.24) is 20.1 Å². The highest BCUT2D eigenvalue weighted by Gasteiger charge is 2.28. The zero-order chi connectivity index (χ0) is 19.4. The van der Waals surface area contributed by atoms with Crippen LogP contribution in [0.4, 0.5) is 11.4 Å². The molecule has 2 N–H and O–H groups in total. The Morgan fingerprint density at radius 3 is 2.63 bits per heavy atom. The molecular weight excluding hydrogens is 348 g/mol. The summed E-state index contributed by atoms with van der Waals surface area (Å²) in [6.45, 7) is 3.90. The van der Waals surface area contributed by atoms with E-state index >= 15 is 0 Å².